The molecule has 0 saturated heterocycles. The number of carbonyl (C=O) groups excluding carboxylic acids is 1. The van der Waals surface area contributed by atoms with Gasteiger partial charge < -0.3 is 15.8 Å². The van der Waals surface area contributed by atoms with Crippen molar-refractivity contribution in [2.45, 2.75) is 31.4 Å². The van der Waals surface area contributed by atoms with Crippen LogP contribution in [0.1, 0.15) is 26.7 Å². The van der Waals surface area contributed by atoms with E-state index in [1.165, 1.54) is 0 Å². The average molecular weight is 248 g/mol. The molecule has 16 heavy (non-hydrogen) atoms. The Kier molecular flexibility index (Phi) is 8.70. The minimum absolute atomic E-state index is 0.0613. The van der Waals surface area contributed by atoms with Crippen molar-refractivity contribution in [1.82, 2.24) is 5.32 Å². The highest BCUT2D eigenvalue weighted by Gasteiger charge is 2.25. The van der Waals surface area contributed by atoms with Gasteiger partial charge in [0.2, 0.25) is 5.91 Å². The van der Waals surface area contributed by atoms with Gasteiger partial charge in [-0.2, -0.15) is 11.8 Å². The van der Waals surface area contributed by atoms with Gasteiger partial charge in [0.05, 0.1) is 6.61 Å². The van der Waals surface area contributed by atoms with E-state index in [0.717, 1.165) is 12.8 Å². The molecule has 0 atom stereocenters. The topological polar surface area (TPSA) is 64.3 Å². The van der Waals surface area contributed by atoms with E-state index >= 15 is 0 Å². The molecule has 0 aromatic carbocycles. The molecule has 0 aromatic heterocycles. The number of thioether (sulfide) groups is 1. The van der Waals surface area contributed by atoms with Gasteiger partial charge in [0.1, 0.15) is 6.61 Å². The van der Waals surface area contributed by atoms with Gasteiger partial charge in [-0.1, -0.05) is 13.8 Å². The molecule has 96 valence electrons. The van der Waals surface area contributed by atoms with Gasteiger partial charge in [-0.25, -0.2) is 0 Å². The van der Waals surface area contributed by atoms with Crippen LogP contribution in [-0.2, 0) is 9.53 Å². The lowest BCUT2D eigenvalue weighted by Gasteiger charge is -2.29. The molecular weight excluding hydrogens is 224 g/mol. The van der Waals surface area contributed by atoms with Gasteiger partial charge in [-0.05, 0) is 19.1 Å². The lowest BCUT2D eigenvalue weighted by molar-refractivity contribution is -0.125. The Morgan fingerprint density at radius 3 is 2.50 bits per heavy atom. The Bertz CT molecular complexity index is 188. The SMILES string of the molecule is CCC(CC)(CNC(=O)COCCN)SC. The lowest BCUT2D eigenvalue weighted by atomic mass is 10.0. The third-order valence-corrected chi connectivity index (χ3v) is 4.41. The monoisotopic (exact) mass is 248 g/mol. The van der Waals surface area contributed by atoms with Crippen LogP contribution in [-0.4, -0.2) is 43.2 Å². The van der Waals surface area contributed by atoms with E-state index in [1.807, 2.05) is 11.8 Å². The second-order valence-electron chi connectivity index (χ2n) is 3.71. The van der Waals surface area contributed by atoms with Crippen molar-refractivity contribution in [1.29, 1.82) is 0 Å². The van der Waals surface area contributed by atoms with Crippen LogP contribution in [0.4, 0.5) is 0 Å². The minimum Gasteiger partial charge on any atom is -0.370 e. The molecule has 0 aliphatic rings. The molecular formula is C11H24N2O2S. The molecule has 0 saturated carbocycles. The number of hydrogen-bond acceptors (Lipinski definition) is 4. The van der Waals surface area contributed by atoms with Gasteiger partial charge in [0.15, 0.2) is 0 Å². The Morgan fingerprint density at radius 1 is 1.44 bits per heavy atom. The summed E-state index contributed by atoms with van der Waals surface area (Å²) in [4.78, 5) is 11.4. The maximum Gasteiger partial charge on any atom is 0.246 e. The zero-order chi connectivity index (χ0) is 12.4. The molecule has 0 fully saturated rings. The van der Waals surface area contributed by atoms with Gasteiger partial charge in [0.25, 0.3) is 0 Å². The van der Waals surface area contributed by atoms with Gasteiger partial charge in [-0.15, -0.1) is 0 Å². The number of amides is 1. The zero-order valence-electron chi connectivity index (χ0n) is 10.5. The Morgan fingerprint density at radius 2 is 2.06 bits per heavy atom. The fourth-order valence-electron chi connectivity index (χ4n) is 1.42. The summed E-state index contributed by atoms with van der Waals surface area (Å²) < 4.78 is 5.22. The fraction of sp³-hybridized carbons (Fsp3) is 0.909. The molecule has 4 nitrogen and oxygen atoms in total. The van der Waals surface area contributed by atoms with Crippen molar-refractivity contribution in [3.05, 3.63) is 0 Å². The van der Waals surface area contributed by atoms with Gasteiger partial charge >= 0.3 is 0 Å². The molecule has 1 amide bonds. The predicted molar refractivity (Wildman–Crippen MR) is 69.7 cm³/mol. The second-order valence-corrected chi connectivity index (χ2v) is 4.99. The summed E-state index contributed by atoms with van der Waals surface area (Å²) in [6.07, 6.45) is 4.19. The van der Waals surface area contributed by atoms with E-state index < -0.39 is 0 Å². The summed E-state index contributed by atoms with van der Waals surface area (Å²) in [5, 5.41) is 2.91. The van der Waals surface area contributed by atoms with E-state index in [2.05, 4.69) is 25.4 Å². The first-order chi connectivity index (χ1) is 7.64. The van der Waals surface area contributed by atoms with Crippen molar-refractivity contribution >= 4 is 17.7 Å². The molecule has 0 aliphatic heterocycles. The number of hydrogen-bond donors (Lipinski definition) is 2. The highest BCUT2D eigenvalue weighted by molar-refractivity contribution is 8.00. The average Bonchev–Trinajstić information content (AvgIpc) is 2.32. The summed E-state index contributed by atoms with van der Waals surface area (Å²) in [5.74, 6) is -0.0613. The summed E-state index contributed by atoms with van der Waals surface area (Å²) in [7, 11) is 0. The first kappa shape index (κ1) is 15.7. The van der Waals surface area contributed by atoms with E-state index in [-0.39, 0.29) is 17.3 Å². The maximum absolute atomic E-state index is 11.4. The summed E-state index contributed by atoms with van der Waals surface area (Å²) in [6, 6.07) is 0. The van der Waals surface area contributed by atoms with Crippen LogP contribution in [0.5, 0.6) is 0 Å². The molecule has 0 bridgehead atoms. The van der Waals surface area contributed by atoms with E-state index in [0.29, 0.717) is 19.7 Å². The summed E-state index contributed by atoms with van der Waals surface area (Å²) in [6.45, 7) is 5.99. The van der Waals surface area contributed by atoms with Crippen molar-refractivity contribution in [3.63, 3.8) is 0 Å². The summed E-state index contributed by atoms with van der Waals surface area (Å²) in [5.41, 5.74) is 5.26. The molecule has 0 aromatic rings. The Balaban J connectivity index is 3.87. The molecule has 0 spiro atoms. The van der Waals surface area contributed by atoms with Gasteiger partial charge in [-0.3, -0.25) is 4.79 Å². The van der Waals surface area contributed by atoms with Crippen molar-refractivity contribution < 1.29 is 9.53 Å². The van der Waals surface area contributed by atoms with Crippen LogP contribution in [0.25, 0.3) is 0 Å². The number of rotatable bonds is 9. The maximum atomic E-state index is 11.4. The molecule has 0 heterocycles. The third kappa shape index (κ3) is 5.72. The number of nitrogens with one attached hydrogen (secondary N) is 1. The van der Waals surface area contributed by atoms with Crippen molar-refractivity contribution in [2.75, 3.05) is 32.6 Å². The van der Waals surface area contributed by atoms with Crippen LogP contribution in [0.3, 0.4) is 0 Å². The largest absolute Gasteiger partial charge is 0.370 e. The second kappa shape index (κ2) is 8.84. The van der Waals surface area contributed by atoms with Crippen LogP contribution >= 0.6 is 11.8 Å². The normalized spacial score (nSPS) is 11.5. The molecule has 0 unspecified atom stereocenters. The third-order valence-electron chi connectivity index (χ3n) is 2.82. The zero-order valence-corrected chi connectivity index (χ0v) is 11.4. The highest BCUT2D eigenvalue weighted by Crippen LogP contribution is 2.29. The lowest BCUT2D eigenvalue weighted by Crippen LogP contribution is -2.41. The molecule has 0 rings (SSSR count). The molecule has 5 heteroatoms. The van der Waals surface area contributed by atoms with Crippen LogP contribution in [0.15, 0.2) is 0 Å². The molecule has 0 radical (unpaired) electrons. The quantitative estimate of drug-likeness (QED) is 0.598. The van der Waals surface area contributed by atoms with Crippen LogP contribution < -0.4 is 11.1 Å². The summed E-state index contributed by atoms with van der Waals surface area (Å²) >= 11 is 1.81. The standard InChI is InChI=1S/C11H24N2O2S/c1-4-11(5-2,16-3)9-13-10(14)8-15-7-6-12/h4-9,12H2,1-3H3,(H,13,14). The minimum atomic E-state index is -0.0613. The highest BCUT2D eigenvalue weighted by atomic mass is 32.2. The Hall–Kier alpha value is -0.260. The van der Waals surface area contributed by atoms with Crippen LogP contribution in [0.2, 0.25) is 0 Å². The Labute approximate surface area is 103 Å². The van der Waals surface area contributed by atoms with E-state index in [4.69, 9.17) is 10.5 Å². The fourth-order valence-corrected chi connectivity index (χ4v) is 2.21. The van der Waals surface area contributed by atoms with Crippen molar-refractivity contribution in [2.24, 2.45) is 5.73 Å². The molecule has 0 aliphatic carbocycles. The van der Waals surface area contributed by atoms with E-state index in [9.17, 15) is 4.79 Å². The number of nitrogens with two attached hydrogens (primary N) is 1. The van der Waals surface area contributed by atoms with Crippen LogP contribution in [0, 0.1) is 0 Å². The molecule has 3 N–H and O–H groups in total. The predicted octanol–water partition coefficient (Wildman–Crippen LogP) is 1.000. The van der Waals surface area contributed by atoms with Gasteiger partial charge in [0, 0.05) is 17.8 Å². The first-order valence-electron chi connectivity index (χ1n) is 5.73. The smallest absolute Gasteiger partial charge is 0.246 e. The first-order valence-corrected chi connectivity index (χ1v) is 6.96. The number of carbonyl (C=O) groups is 1. The van der Waals surface area contributed by atoms with Crippen molar-refractivity contribution in [3.8, 4) is 0 Å². The van der Waals surface area contributed by atoms with E-state index in [1.54, 1.807) is 0 Å². The number of ether oxygens (including phenoxy) is 1.